The maximum absolute atomic E-state index is 12.3. The third-order valence-corrected chi connectivity index (χ3v) is 1.52. The highest BCUT2D eigenvalue weighted by molar-refractivity contribution is 5.81. The zero-order chi connectivity index (χ0) is 10.7. The molecule has 0 heterocycles. The van der Waals surface area contributed by atoms with Crippen molar-refractivity contribution in [3.05, 3.63) is 12.7 Å². The fourth-order valence-electron chi connectivity index (χ4n) is 0.725. The van der Waals surface area contributed by atoms with E-state index in [4.69, 9.17) is 5.73 Å². The molecule has 0 rings (SSSR count). The Hall–Kier alpha value is -1.04. The molecule has 13 heavy (non-hydrogen) atoms. The summed E-state index contributed by atoms with van der Waals surface area (Å²) in [6.07, 6.45) is -4.62. The lowest BCUT2D eigenvalue weighted by Gasteiger charge is -2.27. The summed E-state index contributed by atoms with van der Waals surface area (Å²) in [5.74, 6) is -1.51. The molecule has 0 spiro atoms. The molecule has 0 aromatic rings. The molecular weight excluding hydrogens is 187 g/mol. The van der Waals surface area contributed by atoms with E-state index in [0.717, 1.165) is 13.2 Å². The summed E-state index contributed by atoms with van der Waals surface area (Å²) in [5.41, 5.74) is 1.89. The minimum Gasteiger partial charge on any atom is -0.467 e. The molecule has 0 aliphatic rings. The number of hydrogen-bond acceptors (Lipinski definition) is 3. The lowest BCUT2D eigenvalue weighted by atomic mass is 9.96. The van der Waals surface area contributed by atoms with Gasteiger partial charge in [0.15, 0.2) is 0 Å². The number of ether oxygens (including phenoxy) is 1. The van der Waals surface area contributed by atoms with Crippen LogP contribution in [0.1, 0.15) is 6.42 Å². The van der Waals surface area contributed by atoms with Gasteiger partial charge in [0.25, 0.3) is 0 Å². The number of nitrogens with two attached hydrogens (primary N) is 1. The van der Waals surface area contributed by atoms with Crippen molar-refractivity contribution in [2.75, 3.05) is 7.11 Å². The van der Waals surface area contributed by atoms with E-state index < -0.39 is 24.1 Å². The summed E-state index contributed by atoms with van der Waals surface area (Å²) in [7, 11) is 0.846. The van der Waals surface area contributed by atoms with Crippen molar-refractivity contribution in [3.8, 4) is 0 Å². The highest BCUT2D eigenvalue weighted by Crippen LogP contribution is 2.32. The first-order valence-electron chi connectivity index (χ1n) is 3.34. The van der Waals surface area contributed by atoms with Crippen LogP contribution in [0.15, 0.2) is 12.7 Å². The Morgan fingerprint density at radius 3 is 2.31 bits per heavy atom. The number of carbonyl (C=O) groups is 1. The summed E-state index contributed by atoms with van der Waals surface area (Å²) < 4.78 is 40.7. The van der Waals surface area contributed by atoms with Crippen LogP contribution in [0.4, 0.5) is 13.2 Å². The molecule has 3 nitrogen and oxygen atoms in total. The Morgan fingerprint density at radius 1 is 1.62 bits per heavy atom. The van der Waals surface area contributed by atoms with E-state index in [1.807, 2.05) is 0 Å². The number of rotatable bonds is 3. The summed E-state index contributed by atoms with van der Waals surface area (Å²) in [5, 5.41) is 0. The Balaban J connectivity index is 4.94. The van der Waals surface area contributed by atoms with Crippen LogP contribution in [0.25, 0.3) is 0 Å². The van der Waals surface area contributed by atoms with Crippen LogP contribution < -0.4 is 5.73 Å². The molecule has 0 amide bonds. The lowest BCUT2D eigenvalue weighted by Crippen LogP contribution is -2.59. The van der Waals surface area contributed by atoms with E-state index in [0.29, 0.717) is 0 Å². The number of alkyl halides is 3. The van der Waals surface area contributed by atoms with Crippen LogP contribution in [-0.2, 0) is 9.53 Å². The minimum atomic E-state index is -4.84. The molecule has 76 valence electrons. The van der Waals surface area contributed by atoms with Crippen LogP contribution in [0, 0.1) is 0 Å². The Kier molecular flexibility index (Phi) is 3.48. The number of carbonyl (C=O) groups excluding carboxylic acids is 1. The van der Waals surface area contributed by atoms with Crippen molar-refractivity contribution in [1.82, 2.24) is 0 Å². The largest absolute Gasteiger partial charge is 0.467 e. The van der Waals surface area contributed by atoms with Gasteiger partial charge in [-0.2, -0.15) is 13.2 Å². The third-order valence-electron chi connectivity index (χ3n) is 1.52. The smallest absolute Gasteiger partial charge is 0.417 e. The predicted molar refractivity (Wildman–Crippen MR) is 39.8 cm³/mol. The first-order valence-corrected chi connectivity index (χ1v) is 3.34. The molecule has 0 aliphatic heterocycles. The third kappa shape index (κ3) is 2.21. The molecular formula is C7H10F3NO2. The van der Waals surface area contributed by atoms with E-state index >= 15 is 0 Å². The highest BCUT2D eigenvalue weighted by Gasteiger charge is 2.57. The normalized spacial score (nSPS) is 16.1. The van der Waals surface area contributed by atoms with Crippen molar-refractivity contribution >= 4 is 5.97 Å². The fourth-order valence-corrected chi connectivity index (χ4v) is 0.725. The van der Waals surface area contributed by atoms with Crippen LogP contribution in [0.3, 0.4) is 0 Å². The second kappa shape index (κ2) is 3.78. The van der Waals surface area contributed by atoms with E-state index in [2.05, 4.69) is 11.3 Å². The molecule has 0 fully saturated rings. The zero-order valence-corrected chi connectivity index (χ0v) is 7.02. The van der Waals surface area contributed by atoms with Gasteiger partial charge in [0, 0.05) is 6.42 Å². The van der Waals surface area contributed by atoms with Gasteiger partial charge in [-0.3, -0.25) is 0 Å². The summed E-state index contributed by atoms with van der Waals surface area (Å²) in [4.78, 5) is 10.8. The average molecular weight is 197 g/mol. The van der Waals surface area contributed by atoms with Gasteiger partial charge in [0.05, 0.1) is 7.11 Å². The van der Waals surface area contributed by atoms with Crippen molar-refractivity contribution in [3.63, 3.8) is 0 Å². The second-order valence-electron chi connectivity index (χ2n) is 2.45. The molecule has 0 unspecified atom stereocenters. The topological polar surface area (TPSA) is 52.3 Å². The van der Waals surface area contributed by atoms with Crippen molar-refractivity contribution < 1.29 is 22.7 Å². The van der Waals surface area contributed by atoms with Gasteiger partial charge in [-0.25, -0.2) is 4.79 Å². The molecule has 0 saturated heterocycles. The second-order valence-corrected chi connectivity index (χ2v) is 2.45. The number of halogens is 3. The zero-order valence-electron chi connectivity index (χ0n) is 7.02. The number of esters is 1. The van der Waals surface area contributed by atoms with E-state index in [1.54, 1.807) is 0 Å². The summed E-state index contributed by atoms with van der Waals surface area (Å²) >= 11 is 0. The minimum absolute atomic E-state index is 0.705. The fraction of sp³-hybridized carbons (Fsp3) is 0.571. The van der Waals surface area contributed by atoms with Crippen molar-refractivity contribution in [2.45, 2.75) is 18.1 Å². The van der Waals surface area contributed by atoms with E-state index in [9.17, 15) is 18.0 Å². The number of hydrogen-bond donors (Lipinski definition) is 1. The molecule has 0 saturated carbocycles. The standard InChI is InChI=1S/C7H10F3NO2/c1-3-4-6(11,5(12)13-2)7(8,9)10/h3H,1,4,11H2,2H3/t6-/m1/s1. The Bertz CT molecular complexity index is 214. The molecule has 1 atom stereocenters. The Morgan fingerprint density at radius 2 is 2.08 bits per heavy atom. The summed E-state index contributed by atoms with van der Waals surface area (Å²) in [6.45, 7) is 3.09. The van der Waals surface area contributed by atoms with E-state index in [1.165, 1.54) is 0 Å². The number of methoxy groups -OCH3 is 1. The molecule has 0 aliphatic carbocycles. The van der Waals surface area contributed by atoms with Crippen molar-refractivity contribution in [1.29, 1.82) is 0 Å². The van der Waals surface area contributed by atoms with Gasteiger partial charge in [-0.05, 0) is 0 Å². The molecule has 0 aromatic carbocycles. The monoisotopic (exact) mass is 197 g/mol. The predicted octanol–water partition coefficient (Wildman–Crippen LogP) is 0.995. The molecule has 6 heteroatoms. The SMILES string of the molecule is C=CC[C@@](N)(C(=O)OC)C(F)(F)F. The molecule has 0 radical (unpaired) electrons. The average Bonchev–Trinajstić information content (AvgIpc) is 2.01. The van der Waals surface area contributed by atoms with Gasteiger partial charge >= 0.3 is 12.1 Å². The van der Waals surface area contributed by atoms with Gasteiger partial charge in [0.1, 0.15) is 0 Å². The van der Waals surface area contributed by atoms with Gasteiger partial charge in [-0.1, -0.05) is 6.08 Å². The van der Waals surface area contributed by atoms with Gasteiger partial charge in [0.2, 0.25) is 5.54 Å². The van der Waals surface area contributed by atoms with Crippen LogP contribution in [0.2, 0.25) is 0 Å². The summed E-state index contributed by atoms with van der Waals surface area (Å²) in [6, 6.07) is 0. The van der Waals surface area contributed by atoms with Crippen LogP contribution >= 0.6 is 0 Å². The van der Waals surface area contributed by atoms with Gasteiger partial charge < -0.3 is 10.5 Å². The first-order chi connectivity index (χ1) is 5.79. The molecule has 2 N–H and O–H groups in total. The quantitative estimate of drug-likeness (QED) is 0.542. The lowest BCUT2D eigenvalue weighted by molar-refractivity contribution is -0.203. The van der Waals surface area contributed by atoms with Gasteiger partial charge in [-0.15, -0.1) is 6.58 Å². The Labute approximate surface area is 73.4 Å². The van der Waals surface area contributed by atoms with Crippen LogP contribution in [-0.4, -0.2) is 24.8 Å². The maximum atomic E-state index is 12.3. The first kappa shape index (κ1) is 12.0. The van der Waals surface area contributed by atoms with Crippen molar-refractivity contribution in [2.24, 2.45) is 5.73 Å². The van der Waals surface area contributed by atoms with Crippen LogP contribution in [0.5, 0.6) is 0 Å². The highest BCUT2D eigenvalue weighted by atomic mass is 19.4. The molecule has 0 bridgehead atoms. The maximum Gasteiger partial charge on any atom is 0.417 e. The molecule has 0 aromatic heterocycles. The van der Waals surface area contributed by atoms with E-state index in [-0.39, 0.29) is 0 Å².